The smallest absolute Gasteiger partial charge is 0.242 e. The zero-order valence-electron chi connectivity index (χ0n) is 11.3. The normalized spacial score (nSPS) is 13.1. The lowest BCUT2D eigenvalue weighted by atomic mass is 10.2. The summed E-state index contributed by atoms with van der Waals surface area (Å²) in [4.78, 5) is 0.110. The number of nitrogens with two attached hydrogens (primary N) is 1. The van der Waals surface area contributed by atoms with Gasteiger partial charge in [0.1, 0.15) is 10.7 Å². The topological polar surface area (TPSA) is 97.4 Å². The van der Waals surface area contributed by atoms with Gasteiger partial charge in [-0.2, -0.15) is 0 Å². The Bertz CT molecular complexity index is 681. The molecule has 0 amide bonds. The second-order valence-corrected chi connectivity index (χ2v) is 6.20. The molecule has 0 saturated carbocycles. The van der Waals surface area contributed by atoms with Gasteiger partial charge < -0.3 is 15.5 Å². The first-order valence-electron chi connectivity index (χ1n) is 6.07. The second kappa shape index (κ2) is 5.56. The molecule has 0 aliphatic heterocycles. The van der Waals surface area contributed by atoms with Crippen LogP contribution >= 0.6 is 0 Å². The van der Waals surface area contributed by atoms with E-state index in [1.807, 2.05) is 13.0 Å². The number of anilines is 2. The minimum atomic E-state index is -3.59. The zero-order valence-corrected chi connectivity index (χ0v) is 12.1. The van der Waals surface area contributed by atoms with Crippen LogP contribution in [0.1, 0.15) is 18.7 Å². The number of hydrogen-bond donors (Lipinski definition) is 3. The molecule has 0 spiro atoms. The van der Waals surface area contributed by atoms with E-state index < -0.39 is 10.0 Å². The van der Waals surface area contributed by atoms with E-state index in [0.29, 0.717) is 11.4 Å². The van der Waals surface area contributed by atoms with Gasteiger partial charge in [0.2, 0.25) is 10.0 Å². The van der Waals surface area contributed by atoms with Crippen LogP contribution in [-0.4, -0.2) is 15.5 Å². The second-order valence-electron chi connectivity index (χ2n) is 4.34. The van der Waals surface area contributed by atoms with E-state index >= 15 is 0 Å². The van der Waals surface area contributed by atoms with Crippen molar-refractivity contribution < 1.29 is 12.8 Å². The van der Waals surface area contributed by atoms with Crippen molar-refractivity contribution in [1.82, 2.24) is 4.72 Å². The summed E-state index contributed by atoms with van der Waals surface area (Å²) in [7, 11) is -2.23. The van der Waals surface area contributed by atoms with Crippen LogP contribution in [0.2, 0.25) is 0 Å². The summed E-state index contributed by atoms with van der Waals surface area (Å²) in [6.45, 7) is 1.88. The average Bonchev–Trinajstić information content (AvgIpc) is 2.94. The van der Waals surface area contributed by atoms with E-state index in [1.54, 1.807) is 24.5 Å². The minimum absolute atomic E-state index is 0.110. The molecule has 7 heteroatoms. The maximum Gasteiger partial charge on any atom is 0.242 e. The lowest BCUT2D eigenvalue weighted by molar-refractivity contribution is 0.490. The Hall–Kier alpha value is -1.99. The first-order chi connectivity index (χ1) is 9.44. The van der Waals surface area contributed by atoms with Crippen molar-refractivity contribution in [3.05, 3.63) is 42.4 Å². The molecule has 20 heavy (non-hydrogen) atoms. The van der Waals surface area contributed by atoms with Crippen LogP contribution in [0.15, 0.2) is 45.9 Å². The number of furan rings is 1. The number of sulfonamides is 1. The number of hydrogen-bond acceptors (Lipinski definition) is 5. The predicted molar refractivity (Wildman–Crippen MR) is 77.8 cm³/mol. The van der Waals surface area contributed by atoms with Crippen molar-refractivity contribution in [1.29, 1.82) is 0 Å². The molecule has 4 N–H and O–H groups in total. The van der Waals surface area contributed by atoms with E-state index in [2.05, 4.69) is 10.0 Å². The average molecular weight is 295 g/mol. The molecule has 0 fully saturated rings. The Morgan fingerprint density at radius 1 is 1.30 bits per heavy atom. The molecule has 0 saturated heterocycles. The van der Waals surface area contributed by atoms with E-state index in [-0.39, 0.29) is 10.9 Å². The highest BCUT2D eigenvalue weighted by atomic mass is 32.2. The summed E-state index contributed by atoms with van der Waals surface area (Å²) in [6.07, 6.45) is 1.57. The summed E-state index contributed by atoms with van der Waals surface area (Å²) in [5.41, 5.74) is 6.52. The van der Waals surface area contributed by atoms with Crippen LogP contribution in [0.4, 0.5) is 11.4 Å². The predicted octanol–water partition coefficient (Wildman–Crippen LogP) is 1.94. The summed E-state index contributed by atoms with van der Waals surface area (Å²) >= 11 is 0. The highest BCUT2D eigenvalue weighted by molar-refractivity contribution is 7.89. The fourth-order valence-corrected chi connectivity index (χ4v) is 2.76. The van der Waals surface area contributed by atoms with E-state index in [9.17, 15) is 8.42 Å². The fourth-order valence-electron chi connectivity index (χ4n) is 1.83. The molecule has 0 bridgehead atoms. The van der Waals surface area contributed by atoms with Gasteiger partial charge in [0.25, 0.3) is 0 Å². The summed E-state index contributed by atoms with van der Waals surface area (Å²) in [6, 6.07) is 8.14. The molecule has 1 unspecified atom stereocenters. The molecule has 0 aliphatic carbocycles. The Labute approximate surface area is 118 Å². The Kier molecular flexibility index (Phi) is 4.01. The number of nitrogen functional groups attached to an aromatic ring is 1. The molecule has 0 aliphatic rings. The monoisotopic (exact) mass is 295 g/mol. The third kappa shape index (κ3) is 2.94. The van der Waals surface area contributed by atoms with Gasteiger partial charge >= 0.3 is 0 Å². The van der Waals surface area contributed by atoms with Crippen molar-refractivity contribution in [2.24, 2.45) is 0 Å². The van der Waals surface area contributed by atoms with Gasteiger partial charge in [0.05, 0.1) is 18.0 Å². The Morgan fingerprint density at radius 3 is 2.65 bits per heavy atom. The van der Waals surface area contributed by atoms with Crippen molar-refractivity contribution in [3.8, 4) is 0 Å². The SMILES string of the molecule is CNS(=O)(=O)c1cc(N)ccc1NC(C)c1ccco1. The van der Waals surface area contributed by atoms with Gasteiger partial charge in [0.15, 0.2) is 0 Å². The molecule has 108 valence electrons. The van der Waals surface area contributed by atoms with Crippen LogP contribution in [0.5, 0.6) is 0 Å². The van der Waals surface area contributed by atoms with Gasteiger partial charge in [-0.05, 0) is 44.3 Å². The molecule has 2 aromatic rings. The number of nitrogens with one attached hydrogen (secondary N) is 2. The Morgan fingerprint density at radius 2 is 2.05 bits per heavy atom. The summed E-state index contributed by atoms with van der Waals surface area (Å²) in [5, 5.41) is 3.11. The molecule has 1 aromatic carbocycles. The van der Waals surface area contributed by atoms with E-state index in [1.165, 1.54) is 13.1 Å². The van der Waals surface area contributed by atoms with Crippen LogP contribution in [0, 0.1) is 0 Å². The van der Waals surface area contributed by atoms with Gasteiger partial charge in [-0.3, -0.25) is 0 Å². The van der Waals surface area contributed by atoms with Gasteiger partial charge in [0, 0.05) is 5.69 Å². The minimum Gasteiger partial charge on any atom is -0.467 e. The van der Waals surface area contributed by atoms with Gasteiger partial charge in [-0.1, -0.05) is 0 Å². The maximum atomic E-state index is 12.0. The number of benzene rings is 1. The van der Waals surface area contributed by atoms with Gasteiger partial charge in [-0.15, -0.1) is 0 Å². The third-order valence-electron chi connectivity index (χ3n) is 2.91. The first kappa shape index (κ1) is 14.4. The largest absolute Gasteiger partial charge is 0.467 e. The summed E-state index contributed by atoms with van der Waals surface area (Å²) < 4.78 is 31.6. The van der Waals surface area contributed by atoms with Crippen molar-refractivity contribution >= 4 is 21.4 Å². The highest BCUT2D eigenvalue weighted by Gasteiger charge is 2.19. The molecular formula is C13H17N3O3S. The maximum absolute atomic E-state index is 12.0. The fraction of sp³-hybridized carbons (Fsp3) is 0.231. The van der Waals surface area contributed by atoms with Crippen molar-refractivity contribution in [3.63, 3.8) is 0 Å². The molecule has 2 rings (SSSR count). The summed E-state index contributed by atoms with van der Waals surface area (Å²) in [5.74, 6) is 0.717. The quantitative estimate of drug-likeness (QED) is 0.732. The standard InChI is InChI=1S/C13H17N3O3S/c1-9(12-4-3-7-19-12)16-11-6-5-10(14)8-13(11)20(17,18)15-2/h3-9,15-16H,14H2,1-2H3. The van der Waals surface area contributed by atoms with E-state index in [4.69, 9.17) is 10.2 Å². The molecule has 1 atom stereocenters. The lowest BCUT2D eigenvalue weighted by Crippen LogP contribution is -2.21. The van der Waals surface area contributed by atoms with E-state index in [0.717, 1.165) is 5.76 Å². The molecule has 0 radical (unpaired) electrons. The molecule has 1 aromatic heterocycles. The Balaban J connectivity index is 2.37. The molecule has 1 heterocycles. The van der Waals surface area contributed by atoms with Gasteiger partial charge in [-0.25, -0.2) is 13.1 Å². The first-order valence-corrected chi connectivity index (χ1v) is 7.55. The van der Waals surface area contributed by atoms with Crippen LogP contribution < -0.4 is 15.8 Å². The van der Waals surface area contributed by atoms with Crippen molar-refractivity contribution in [2.45, 2.75) is 17.9 Å². The van der Waals surface area contributed by atoms with Crippen LogP contribution in [-0.2, 0) is 10.0 Å². The lowest BCUT2D eigenvalue weighted by Gasteiger charge is -2.16. The van der Waals surface area contributed by atoms with Crippen molar-refractivity contribution in [2.75, 3.05) is 18.1 Å². The highest BCUT2D eigenvalue weighted by Crippen LogP contribution is 2.27. The van der Waals surface area contributed by atoms with Crippen LogP contribution in [0.25, 0.3) is 0 Å². The van der Waals surface area contributed by atoms with Crippen LogP contribution in [0.3, 0.4) is 0 Å². The third-order valence-corrected chi connectivity index (χ3v) is 4.36. The molecular weight excluding hydrogens is 278 g/mol. The zero-order chi connectivity index (χ0) is 14.8. The number of rotatable bonds is 5. The molecule has 6 nitrogen and oxygen atoms in total.